The fourth-order valence-electron chi connectivity index (χ4n) is 2.50. The van der Waals surface area contributed by atoms with Crippen molar-refractivity contribution in [2.24, 2.45) is 0 Å². The molecule has 1 heterocycles. The topological polar surface area (TPSA) is 60.4 Å². The maximum atomic E-state index is 12.4. The molecular formula is C21H15IO4S. The number of rotatable bonds is 6. The zero-order valence-corrected chi connectivity index (χ0v) is 17.4. The van der Waals surface area contributed by atoms with E-state index in [1.807, 2.05) is 30.3 Å². The molecule has 0 unspecified atom stereocenters. The van der Waals surface area contributed by atoms with Crippen molar-refractivity contribution < 1.29 is 14.3 Å². The summed E-state index contributed by atoms with van der Waals surface area (Å²) in [6.45, 7) is 0. The van der Waals surface area contributed by atoms with Crippen molar-refractivity contribution in [1.29, 1.82) is 0 Å². The molecule has 27 heavy (non-hydrogen) atoms. The van der Waals surface area contributed by atoms with E-state index in [-0.39, 0.29) is 22.5 Å². The molecular weight excluding hydrogens is 475 g/mol. The van der Waals surface area contributed by atoms with Gasteiger partial charge in [0.15, 0.2) is 11.6 Å². The third-order valence-corrected chi connectivity index (χ3v) is 5.56. The number of Topliss-reactive ketones (excluding diaryl/α,β-unsaturated/α-hetero) is 1. The first kappa shape index (κ1) is 19.4. The summed E-state index contributed by atoms with van der Waals surface area (Å²) in [7, 11) is 1.58. The van der Waals surface area contributed by atoms with Gasteiger partial charge in [-0.25, -0.2) is 0 Å². The fourth-order valence-corrected chi connectivity index (χ4v) is 4.11. The molecule has 0 radical (unpaired) electrons. The van der Waals surface area contributed by atoms with Crippen molar-refractivity contribution in [3.63, 3.8) is 0 Å². The van der Waals surface area contributed by atoms with Crippen molar-refractivity contribution in [2.75, 3.05) is 7.11 Å². The van der Waals surface area contributed by atoms with E-state index in [4.69, 9.17) is 4.74 Å². The summed E-state index contributed by atoms with van der Waals surface area (Å²) in [5, 5.41) is 0.824. The van der Waals surface area contributed by atoms with Crippen LogP contribution in [0.1, 0.15) is 22.3 Å². The van der Waals surface area contributed by atoms with Gasteiger partial charge in [-0.15, -0.1) is 0 Å². The third-order valence-electron chi connectivity index (χ3n) is 3.91. The lowest BCUT2D eigenvalue weighted by molar-refractivity contribution is -0.113. The summed E-state index contributed by atoms with van der Waals surface area (Å²) in [5.41, 5.74) is 0.892. The monoisotopic (exact) mass is 490 g/mol. The van der Waals surface area contributed by atoms with Crippen LogP contribution in [0, 0.1) is 3.57 Å². The number of carbonyl (C=O) groups excluding carboxylic acids is 2. The molecule has 0 saturated carbocycles. The predicted molar refractivity (Wildman–Crippen MR) is 117 cm³/mol. The zero-order chi connectivity index (χ0) is 19.4. The molecule has 0 aliphatic carbocycles. The lowest BCUT2D eigenvalue weighted by Crippen LogP contribution is -2.14. The van der Waals surface area contributed by atoms with Crippen LogP contribution in [0.3, 0.4) is 0 Å². The van der Waals surface area contributed by atoms with Gasteiger partial charge in [-0.3, -0.25) is 14.4 Å². The average Bonchev–Trinajstić information content (AvgIpc) is 2.66. The smallest absolute Gasteiger partial charge is 0.243 e. The van der Waals surface area contributed by atoms with Gasteiger partial charge in [0.2, 0.25) is 4.74 Å². The highest BCUT2D eigenvalue weighted by molar-refractivity contribution is 14.1. The van der Waals surface area contributed by atoms with Crippen LogP contribution in [0.5, 0.6) is 5.75 Å². The number of hydrogen-bond acceptors (Lipinski definition) is 5. The second-order valence-corrected chi connectivity index (χ2v) is 8.06. The minimum Gasteiger partial charge on any atom is -0.497 e. The second-order valence-electron chi connectivity index (χ2n) is 5.80. The highest BCUT2D eigenvalue weighted by Crippen LogP contribution is 2.21. The maximum Gasteiger partial charge on any atom is 0.243 e. The lowest BCUT2D eigenvalue weighted by atomic mass is 10.1. The summed E-state index contributed by atoms with van der Waals surface area (Å²) in [6, 6.07) is 14.5. The Balaban J connectivity index is 1.74. The minimum atomic E-state index is -0.457. The molecule has 0 bridgehead atoms. The summed E-state index contributed by atoms with van der Waals surface area (Å²) < 4.78 is 6.61. The van der Waals surface area contributed by atoms with Gasteiger partial charge in [0.1, 0.15) is 5.75 Å². The summed E-state index contributed by atoms with van der Waals surface area (Å²) in [6.07, 6.45) is 2.67. The van der Waals surface area contributed by atoms with E-state index < -0.39 is 5.78 Å². The van der Waals surface area contributed by atoms with E-state index in [9.17, 15) is 14.4 Å². The Hall–Kier alpha value is -2.32. The van der Waals surface area contributed by atoms with Gasteiger partial charge in [-0.05, 0) is 69.9 Å². The van der Waals surface area contributed by atoms with Crippen LogP contribution in [0.2, 0.25) is 0 Å². The molecule has 3 rings (SSSR count). The van der Waals surface area contributed by atoms with Gasteiger partial charge in [0, 0.05) is 8.27 Å². The molecule has 136 valence electrons. The Kier molecular flexibility index (Phi) is 6.18. The van der Waals surface area contributed by atoms with Crippen LogP contribution < -0.4 is 9.48 Å². The molecule has 0 aliphatic rings. The Morgan fingerprint density at radius 3 is 2.56 bits per heavy atom. The number of halogens is 1. The molecule has 3 aromatic rings. The summed E-state index contributed by atoms with van der Waals surface area (Å²) >= 11 is 3.20. The van der Waals surface area contributed by atoms with Crippen molar-refractivity contribution in [3.8, 4) is 5.75 Å². The molecule has 1 aromatic heterocycles. The Labute approximate surface area is 173 Å². The summed E-state index contributed by atoms with van der Waals surface area (Å²) in [5.74, 6) is -0.0760. The van der Waals surface area contributed by atoms with Gasteiger partial charge < -0.3 is 4.74 Å². The molecule has 0 spiro atoms. The largest absolute Gasteiger partial charge is 0.497 e. The first-order valence-electron chi connectivity index (χ1n) is 8.08. The lowest BCUT2D eigenvalue weighted by Gasteiger charge is -2.02. The molecule has 2 aromatic carbocycles. The number of fused-ring (bicyclic) bond motifs is 1. The van der Waals surface area contributed by atoms with Gasteiger partial charge in [0.25, 0.3) is 0 Å². The molecule has 0 atom stereocenters. The van der Waals surface area contributed by atoms with E-state index in [2.05, 4.69) is 22.6 Å². The van der Waals surface area contributed by atoms with Gasteiger partial charge in [-0.2, -0.15) is 0 Å². The number of allylic oxidation sites excluding steroid dienone is 1. The van der Waals surface area contributed by atoms with E-state index in [1.165, 1.54) is 6.08 Å². The zero-order valence-electron chi connectivity index (χ0n) is 14.4. The number of hydrogen-bond donors (Lipinski definition) is 0. The van der Waals surface area contributed by atoms with Crippen LogP contribution in [0.25, 0.3) is 16.2 Å². The van der Waals surface area contributed by atoms with Gasteiger partial charge in [-0.1, -0.05) is 35.6 Å². The van der Waals surface area contributed by atoms with E-state index in [0.29, 0.717) is 0 Å². The van der Waals surface area contributed by atoms with Crippen molar-refractivity contribution in [1.82, 2.24) is 0 Å². The quantitative estimate of drug-likeness (QED) is 0.217. The molecule has 0 saturated heterocycles. The van der Waals surface area contributed by atoms with Crippen LogP contribution in [0.4, 0.5) is 0 Å². The second kappa shape index (κ2) is 8.58. The van der Waals surface area contributed by atoms with Gasteiger partial charge in [0.05, 0.1) is 19.1 Å². The summed E-state index contributed by atoms with van der Waals surface area (Å²) in [4.78, 5) is 36.8. The first-order valence-corrected chi connectivity index (χ1v) is 9.97. The molecule has 6 heteroatoms. The molecule has 4 nitrogen and oxygen atoms in total. The average molecular weight is 490 g/mol. The Morgan fingerprint density at radius 2 is 1.85 bits per heavy atom. The van der Waals surface area contributed by atoms with Crippen molar-refractivity contribution >= 4 is 61.7 Å². The van der Waals surface area contributed by atoms with Gasteiger partial charge >= 0.3 is 0 Å². The normalized spacial score (nSPS) is 11.0. The number of carbonyl (C=O) groups is 2. The van der Waals surface area contributed by atoms with Crippen LogP contribution in [-0.4, -0.2) is 18.7 Å². The highest BCUT2D eigenvalue weighted by Gasteiger charge is 2.15. The molecule has 0 aliphatic heterocycles. The minimum absolute atomic E-state index is 0.0694. The molecule has 0 N–H and O–H groups in total. The van der Waals surface area contributed by atoms with E-state index in [1.54, 1.807) is 31.4 Å². The third kappa shape index (κ3) is 4.90. The number of ketones is 2. The standard InChI is InChI=1S/C21H15IO4S/c1-26-17-8-3-13(4-9-17)2-7-16(23)12-19(24)18-10-14-5-6-15(22)11-20(14)27-21(18)25/h2-11H,12H2,1H3/b7-2-. The van der Waals surface area contributed by atoms with Crippen molar-refractivity contribution in [2.45, 2.75) is 6.42 Å². The van der Waals surface area contributed by atoms with E-state index >= 15 is 0 Å². The first-order chi connectivity index (χ1) is 13.0. The number of ether oxygens (including phenoxy) is 1. The van der Waals surface area contributed by atoms with E-state index in [0.717, 1.165) is 36.3 Å². The van der Waals surface area contributed by atoms with Crippen LogP contribution in [-0.2, 0) is 4.79 Å². The van der Waals surface area contributed by atoms with Crippen molar-refractivity contribution in [3.05, 3.63) is 78.8 Å². The Morgan fingerprint density at radius 1 is 1.11 bits per heavy atom. The highest BCUT2D eigenvalue weighted by atomic mass is 127. The number of benzene rings is 2. The number of methoxy groups -OCH3 is 1. The predicted octanol–water partition coefficient (Wildman–Crippen LogP) is 4.73. The fraction of sp³-hybridized carbons (Fsp3) is 0.0952. The maximum absolute atomic E-state index is 12.4. The Bertz CT molecular complexity index is 1100. The SMILES string of the molecule is COc1ccc(/C=C\C(=O)CC(=O)c2cc3ccc(I)cc3sc2=O)cc1. The molecule has 0 fully saturated rings. The molecule has 0 amide bonds. The van der Waals surface area contributed by atoms with Crippen LogP contribution in [0.15, 0.2) is 59.4 Å². The van der Waals surface area contributed by atoms with Crippen LogP contribution >= 0.6 is 33.9 Å².